The Hall–Kier alpha value is -3.40. The largest absolute Gasteiger partial charge is 0.359 e. The van der Waals surface area contributed by atoms with Crippen LogP contribution in [0.4, 0.5) is 5.13 Å². The van der Waals surface area contributed by atoms with Gasteiger partial charge < -0.3 is 9.88 Å². The van der Waals surface area contributed by atoms with E-state index in [1.165, 1.54) is 42.4 Å². The third-order valence-electron chi connectivity index (χ3n) is 6.07. The number of aryl methyl sites for hydroxylation is 1. The monoisotopic (exact) mass is 445 g/mol. The van der Waals surface area contributed by atoms with Crippen LogP contribution < -0.4 is 5.32 Å². The SMILES string of the molecule is Cn1nnnc1-c1cnc2c(c1)ncn2Cc1ccc2nc(NC3CCCCC3)sc2c1. The molecular weight excluding hydrogens is 422 g/mol. The number of nitrogens with zero attached hydrogens (tertiary/aromatic N) is 8. The molecule has 0 aliphatic heterocycles. The lowest BCUT2D eigenvalue weighted by Crippen LogP contribution is -2.21. The molecule has 0 unspecified atom stereocenters. The minimum atomic E-state index is 0.564. The summed E-state index contributed by atoms with van der Waals surface area (Å²) in [6.45, 7) is 0.702. The van der Waals surface area contributed by atoms with Crippen molar-refractivity contribution in [2.75, 3.05) is 5.32 Å². The third-order valence-corrected chi connectivity index (χ3v) is 7.02. The van der Waals surface area contributed by atoms with E-state index >= 15 is 0 Å². The van der Waals surface area contributed by atoms with Crippen LogP contribution in [-0.2, 0) is 13.6 Å². The number of fused-ring (bicyclic) bond motifs is 2. The van der Waals surface area contributed by atoms with Crippen molar-refractivity contribution in [3.05, 3.63) is 42.4 Å². The Balaban J connectivity index is 1.24. The van der Waals surface area contributed by atoms with E-state index in [2.05, 4.69) is 53.6 Å². The van der Waals surface area contributed by atoms with Gasteiger partial charge in [0.2, 0.25) is 0 Å². The van der Waals surface area contributed by atoms with Crippen LogP contribution >= 0.6 is 11.3 Å². The molecule has 9 nitrogen and oxygen atoms in total. The molecule has 4 heterocycles. The van der Waals surface area contributed by atoms with Crippen molar-refractivity contribution in [3.63, 3.8) is 0 Å². The second-order valence-corrected chi connectivity index (χ2v) is 9.40. The van der Waals surface area contributed by atoms with Crippen LogP contribution in [0.1, 0.15) is 37.7 Å². The maximum absolute atomic E-state index is 4.79. The Morgan fingerprint density at radius 1 is 1.09 bits per heavy atom. The van der Waals surface area contributed by atoms with Crippen LogP contribution in [0.25, 0.3) is 32.8 Å². The predicted molar refractivity (Wildman–Crippen MR) is 125 cm³/mol. The number of anilines is 1. The van der Waals surface area contributed by atoms with Crippen molar-refractivity contribution in [3.8, 4) is 11.4 Å². The molecule has 162 valence electrons. The highest BCUT2D eigenvalue weighted by Gasteiger charge is 2.15. The number of hydrogen-bond donors (Lipinski definition) is 1. The lowest BCUT2D eigenvalue weighted by molar-refractivity contribution is 0.462. The van der Waals surface area contributed by atoms with Gasteiger partial charge in [0.1, 0.15) is 5.52 Å². The highest BCUT2D eigenvalue weighted by Crippen LogP contribution is 2.30. The van der Waals surface area contributed by atoms with Crippen LogP contribution in [0.5, 0.6) is 0 Å². The van der Waals surface area contributed by atoms with Gasteiger partial charge in [0.05, 0.1) is 23.1 Å². The van der Waals surface area contributed by atoms with Crippen molar-refractivity contribution in [2.24, 2.45) is 7.05 Å². The van der Waals surface area contributed by atoms with Crippen LogP contribution in [0.2, 0.25) is 0 Å². The van der Waals surface area contributed by atoms with Crippen molar-refractivity contribution in [1.29, 1.82) is 0 Å². The summed E-state index contributed by atoms with van der Waals surface area (Å²) in [5, 5.41) is 16.3. The van der Waals surface area contributed by atoms with Gasteiger partial charge in [-0.2, -0.15) is 0 Å². The molecule has 0 saturated heterocycles. The van der Waals surface area contributed by atoms with E-state index in [9.17, 15) is 0 Å². The van der Waals surface area contributed by atoms with Crippen LogP contribution in [0.3, 0.4) is 0 Å². The molecule has 6 rings (SSSR count). The van der Waals surface area contributed by atoms with Crippen LogP contribution in [0.15, 0.2) is 36.8 Å². The Morgan fingerprint density at radius 3 is 2.84 bits per heavy atom. The van der Waals surface area contributed by atoms with Crippen molar-refractivity contribution < 1.29 is 0 Å². The Bertz CT molecular complexity index is 1390. The van der Waals surface area contributed by atoms with E-state index in [1.54, 1.807) is 22.2 Å². The minimum absolute atomic E-state index is 0.564. The molecule has 1 saturated carbocycles. The second-order valence-electron chi connectivity index (χ2n) is 8.37. The van der Waals surface area contributed by atoms with Gasteiger partial charge in [-0.3, -0.25) is 0 Å². The molecule has 32 heavy (non-hydrogen) atoms. The van der Waals surface area contributed by atoms with Gasteiger partial charge in [0, 0.05) is 24.8 Å². The summed E-state index contributed by atoms with van der Waals surface area (Å²) >= 11 is 1.74. The summed E-state index contributed by atoms with van der Waals surface area (Å²) in [6.07, 6.45) is 10.1. The fourth-order valence-electron chi connectivity index (χ4n) is 4.41. The number of benzene rings is 1. The first-order valence-electron chi connectivity index (χ1n) is 10.9. The molecular formula is C22H23N9S. The maximum Gasteiger partial charge on any atom is 0.184 e. The van der Waals surface area contributed by atoms with E-state index in [0.29, 0.717) is 18.4 Å². The smallest absolute Gasteiger partial charge is 0.184 e. The summed E-state index contributed by atoms with van der Waals surface area (Å²) < 4.78 is 4.90. The van der Waals surface area contributed by atoms with Crippen LogP contribution in [0, 0.1) is 0 Å². The fourth-order valence-corrected chi connectivity index (χ4v) is 5.41. The molecule has 0 spiro atoms. The van der Waals surface area contributed by atoms with E-state index in [4.69, 9.17) is 4.98 Å². The van der Waals surface area contributed by atoms with E-state index in [-0.39, 0.29) is 0 Å². The first-order valence-corrected chi connectivity index (χ1v) is 11.7. The molecule has 1 aromatic carbocycles. The number of imidazole rings is 1. The summed E-state index contributed by atoms with van der Waals surface area (Å²) in [5.41, 5.74) is 4.76. The van der Waals surface area contributed by atoms with Gasteiger partial charge in [0.15, 0.2) is 16.6 Å². The van der Waals surface area contributed by atoms with E-state index in [1.807, 2.05) is 19.4 Å². The molecule has 0 amide bonds. The Morgan fingerprint density at radius 2 is 2.00 bits per heavy atom. The minimum Gasteiger partial charge on any atom is -0.359 e. The highest BCUT2D eigenvalue weighted by atomic mass is 32.1. The number of nitrogens with one attached hydrogen (secondary N) is 1. The van der Waals surface area contributed by atoms with Gasteiger partial charge in [-0.1, -0.05) is 36.7 Å². The normalized spacial score (nSPS) is 15.0. The standard InChI is InChI=1S/C22H23N9S/c1-30-20(27-28-29-30)15-10-18-21(23-11-15)31(13-24-18)12-14-7-8-17-19(9-14)32-22(26-17)25-16-5-3-2-4-6-16/h7-11,13,16H,2-6,12H2,1H3,(H,25,26). The topological polar surface area (TPSA) is 99.2 Å². The molecule has 4 aromatic heterocycles. The molecule has 1 aliphatic rings. The van der Waals surface area contributed by atoms with Gasteiger partial charge in [-0.05, 0) is 47.0 Å². The van der Waals surface area contributed by atoms with Crippen molar-refractivity contribution in [2.45, 2.75) is 44.7 Å². The summed E-state index contributed by atoms with van der Waals surface area (Å²) in [5.74, 6) is 0.669. The zero-order valence-corrected chi connectivity index (χ0v) is 18.6. The number of tetrazole rings is 1. The highest BCUT2D eigenvalue weighted by molar-refractivity contribution is 7.22. The first kappa shape index (κ1) is 19.3. The van der Waals surface area contributed by atoms with Gasteiger partial charge in [-0.25, -0.2) is 19.6 Å². The fraction of sp³-hybridized carbons (Fsp3) is 0.364. The van der Waals surface area contributed by atoms with Crippen LogP contribution in [-0.4, -0.2) is 45.8 Å². The zero-order valence-electron chi connectivity index (χ0n) is 17.8. The van der Waals surface area contributed by atoms with Crippen molar-refractivity contribution >= 4 is 37.8 Å². The number of pyridine rings is 1. The van der Waals surface area contributed by atoms with Gasteiger partial charge in [-0.15, -0.1) is 5.10 Å². The maximum atomic E-state index is 4.79. The van der Waals surface area contributed by atoms with E-state index < -0.39 is 0 Å². The number of thiazole rings is 1. The lowest BCUT2D eigenvalue weighted by atomic mass is 9.96. The molecule has 10 heteroatoms. The quantitative estimate of drug-likeness (QED) is 0.436. The van der Waals surface area contributed by atoms with Crippen molar-refractivity contribution in [1.82, 2.24) is 39.7 Å². The molecule has 0 bridgehead atoms. The number of rotatable bonds is 5. The number of aromatic nitrogens is 8. The molecule has 1 fully saturated rings. The Labute approximate surface area is 188 Å². The molecule has 1 N–H and O–H groups in total. The zero-order chi connectivity index (χ0) is 21.5. The lowest BCUT2D eigenvalue weighted by Gasteiger charge is -2.22. The summed E-state index contributed by atoms with van der Waals surface area (Å²) in [6, 6.07) is 9.01. The Kier molecular flexibility index (Phi) is 4.79. The molecule has 5 aromatic rings. The number of hydrogen-bond acceptors (Lipinski definition) is 8. The first-order chi connectivity index (χ1) is 15.7. The second kappa shape index (κ2) is 7.94. The van der Waals surface area contributed by atoms with E-state index in [0.717, 1.165) is 27.4 Å². The molecule has 0 radical (unpaired) electrons. The van der Waals surface area contributed by atoms with Gasteiger partial charge in [0.25, 0.3) is 0 Å². The average molecular weight is 446 g/mol. The molecule has 0 atom stereocenters. The average Bonchev–Trinajstić information content (AvgIpc) is 3.52. The molecule has 1 aliphatic carbocycles. The third kappa shape index (κ3) is 3.60. The predicted octanol–water partition coefficient (Wildman–Crippen LogP) is 4.02. The summed E-state index contributed by atoms with van der Waals surface area (Å²) in [7, 11) is 1.81. The van der Waals surface area contributed by atoms with Gasteiger partial charge >= 0.3 is 0 Å². The summed E-state index contributed by atoms with van der Waals surface area (Å²) in [4.78, 5) is 14.0.